The lowest BCUT2D eigenvalue weighted by Gasteiger charge is -2.16. The number of hydrogen-bond acceptors (Lipinski definition) is 4. The van der Waals surface area contributed by atoms with E-state index in [9.17, 15) is 8.42 Å². The van der Waals surface area contributed by atoms with E-state index in [4.69, 9.17) is 4.74 Å². The molecule has 0 rings (SSSR count). The first-order valence-electron chi connectivity index (χ1n) is 5.98. The van der Waals surface area contributed by atoms with Crippen LogP contribution in [0.3, 0.4) is 0 Å². The van der Waals surface area contributed by atoms with Gasteiger partial charge in [-0.2, -0.15) is 0 Å². The summed E-state index contributed by atoms with van der Waals surface area (Å²) in [5.74, 6) is 0.471. The van der Waals surface area contributed by atoms with Crippen molar-refractivity contribution in [3.63, 3.8) is 0 Å². The summed E-state index contributed by atoms with van der Waals surface area (Å²) in [6, 6.07) is 0.0903. The molecule has 1 unspecified atom stereocenters. The monoisotopic (exact) mass is 251 g/mol. The smallest absolute Gasteiger partial charge is 0.151 e. The summed E-state index contributed by atoms with van der Waals surface area (Å²) in [5, 5.41) is 3.26. The van der Waals surface area contributed by atoms with Gasteiger partial charge in [0.2, 0.25) is 0 Å². The molecule has 0 radical (unpaired) electrons. The zero-order valence-electron chi connectivity index (χ0n) is 10.7. The molecule has 0 aliphatic heterocycles. The van der Waals surface area contributed by atoms with Crippen LogP contribution in [0, 0.1) is 0 Å². The van der Waals surface area contributed by atoms with Crippen LogP contribution < -0.4 is 5.32 Å². The van der Waals surface area contributed by atoms with Crippen LogP contribution in [-0.2, 0) is 14.6 Å². The number of rotatable bonds is 10. The van der Waals surface area contributed by atoms with Crippen LogP contribution in [0.15, 0.2) is 0 Å². The molecule has 0 saturated carbocycles. The average molecular weight is 251 g/mol. The molecule has 0 aliphatic rings. The highest BCUT2D eigenvalue weighted by atomic mass is 32.2. The summed E-state index contributed by atoms with van der Waals surface area (Å²) in [6.07, 6.45) is 2.47. The molecule has 4 nitrogen and oxygen atoms in total. The Kier molecular flexibility index (Phi) is 8.89. The maximum absolute atomic E-state index is 11.7. The highest BCUT2D eigenvalue weighted by Gasteiger charge is 2.16. The minimum Gasteiger partial charge on any atom is -0.385 e. The van der Waals surface area contributed by atoms with Crippen molar-refractivity contribution in [3.8, 4) is 0 Å². The van der Waals surface area contributed by atoms with Gasteiger partial charge in [-0.15, -0.1) is 0 Å². The fourth-order valence-corrected chi connectivity index (χ4v) is 3.17. The van der Waals surface area contributed by atoms with Gasteiger partial charge in [0.1, 0.15) is 0 Å². The zero-order valence-corrected chi connectivity index (χ0v) is 11.5. The molecule has 16 heavy (non-hydrogen) atoms. The Morgan fingerprint density at radius 1 is 1.31 bits per heavy atom. The third kappa shape index (κ3) is 8.07. The van der Waals surface area contributed by atoms with Crippen LogP contribution in [0.5, 0.6) is 0 Å². The molecule has 0 spiro atoms. The molecular formula is C11H25NO3S. The summed E-state index contributed by atoms with van der Waals surface area (Å²) in [6.45, 7) is 5.48. The van der Waals surface area contributed by atoms with Crippen LogP contribution in [0.4, 0.5) is 0 Å². The van der Waals surface area contributed by atoms with Gasteiger partial charge in [-0.3, -0.25) is 0 Å². The van der Waals surface area contributed by atoms with Gasteiger partial charge < -0.3 is 10.1 Å². The standard InChI is InChI=1S/C11H25NO3S/c1-4-7-12-11(5-2)10-16(13,14)9-6-8-15-3/h11-12H,4-10H2,1-3H3. The fourth-order valence-electron chi connectivity index (χ4n) is 1.48. The minimum atomic E-state index is -2.94. The molecule has 1 N–H and O–H groups in total. The molecule has 0 amide bonds. The van der Waals surface area contributed by atoms with E-state index in [0.717, 1.165) is 19.4 Å². The second-order valence-corrected chi connectivity index (χ2v) is 6.25. The predicted molar refractivity (Wildman–Crippen MR) is 67.5 cm³/mol. The highest BCUT2D eigenvalue weighted by Crippen LogP contribution is 2.01. The number of ether oxygens (including phenoxy) is 1. The molecule has 98 valence electrons. The van der Waals surface area contributed by atoms with Gasteiger partial charge in [-0.05, 0) is 25.8 Å². The lowest BCUT2D eigenvalue weighted by atomic mass is 10.2. The third-order valence-electron chi connectivity index (χ3n) is 2.43. The van der Waals surface area contributed by atoms with Crippen LogP contribution in [0.2, 0.25) is 0 Å². The lowest BCUT2D eigenvalue weighted by Crippen LogP contribution is -2.36. The first-order chi connectivity index (χ1) is 7.55. The van der Waals surface area contributed by atoms with Crippen LogP contribution >= 0.6 is 0 Å². The molecule has 0 saturated heterocycles. The molecule has 0 aromatic rings. The highest BCUT2D eigenvalue weighted by molar-refractivity contribution is 7.91. The van der Waals surface area contributed by atoms with Crippen molar-refractivity contribution in [2.24, 2.45) is 0 Å². The largest absolute Gasteiger partial charge is 0.385 e. The Morgan fingerprint density at radius 2 is 2.00 bits per heavy atom. The van der Waals surface area contributed by atoms with E-state index in [1.807, 2.05) is 6.92 Å². The van der Waals surface area contributed by atoms with Gasteiger partial charge in [-0.25, -0.2) is 8.42 Å². The third-order valence-corrected chi connectivity index (χ3v) is 4.26. The predicted octanol–water partition coefficient (Wildman–Crippen LogP) is 1.22. The molecule has 0 bridgehead atoms. The van der Waals surface area contributed by atoms with Crippen LogP contribution in [0.1, 0.15) is 33.1 Å². The van der Waals surface area contributed by atoms with Crippen molar-refractivity contribution < 1.29 is 13.2 Å². The molecule has 0 aromatic heterocycles. The van der Waals surface area contributed by atoms with Crippen molar-refractivity contribution in [2.45, 2.75) is 39.2 Å². The Labute approximate surface area is 99.7 Å². The van der Waals surface area contributed by atoms with E-state index in [1.165, 1.54) is 0 Å². The number of methoxy groups -OCH3 is 1. The van der Waals surface area contributed by atoms with Gasteiger partial charge in [0.15, 0.2) is 9.84 Å². The summed E-state index contributed by atoms with van der Waals surface area (Å²) in [4.78, 5) is 0. The second-order valence-electron chi connectivity index (χ2n) is 4.02. The SMILES string of the molecule is CCCNC(CC)CS(=O)(=O)CCCOC. The Hall–Kier alpha value is -0.130. The lowest BCUT2D eigenvalue weighted by molar-refractivity contribution is 0.199. The van der Waals surface area contributed by atoms with E-state index < -0.39 is 9.84 Å². The van der Waals surface area contributed by atoms with Crippen molar-refractivity contribution in [2.75, 3.05) is 31.8 Å². The van der Waals surface area contributed by atoms with E-state index >= 15 is 0 Å². The van der Waals surface area contributed by atoms with Crippen LogP contribution in [0.25, 0.3) is 0 Å². The molecule has 0 aliphatic carbocycles. The summed E-state index contributed by atoms with van der Waals surface area (Å²) < 4.78 is 28.3. The van der Waals surface area contributed by atoms with E-state index in [0.29, 0.717) is 13.0 Å². The fraction of sp³-hybridized carbons (Fsp3) is 1.00. The number of sulfone groups is 1. The minimum absolute atomic E-state index is 0.0903. The molecule has 5 heteroatoms. The Balaban J connectivity index is 4.00. The molecular weight excluding hydrogens is 226 g/mol. The molecule has 1 atom stereocenters. The molecule has 0 aromatic carbocycles. The summed E-state index contributed by atoms with van der Waals surface area (Å²) in [7, 11) is -1.35. The van der Waals surface area contributed by atoms with Crippen molar-refractivity contribution in [1.82, 2.24) is 5.32 Å². The topological polar surface area (TPSA) is 55.4 Å². The van der Waals surface area contributed by atoms with E-state index in [-0.39, 0.29) is 17.5 Å². The van der Waals surface area contributed by atoms with Crippen LogP contribution in [-0.4, -0.2) is 46.2 Å². The zero-order chi connectivity index (χ0) is 12.4. The summed E-state index contributed by atoms with van der Waals surface area (Å²) >= 11 is 0. The Bertz CT molecular complexity index is 252. The maximum Gasteiger partial charge on any atom is 0.151 e. The molecule has 0 fully saturated rings. The maximum atomic E-state index is 11.7. The number of hydrogen-bond donors (Lipinski definition) is 1. The van der Waals surface area contributed by atoms with Crippen molar-refractivity contribution >= 4 is 9.84 Å². The normalized spacial score (nSPS) is 13.9. The van der Waals surface area contributed by atoms with Gasteiger partial charge in [0, 0.05) is 19.8 Å². The number of nitrogens with one attached hydrogen (secondary N) is 1. The summed E-state index contributed by atoms with van der Waals surface area (Å²) in [5.41, 5.74) is 0. The first kappa shape index (κ1) is 15.9. The first-order valence-corrected chi connectivity index (χ1v) is 7.80. The molecule has 0 heterocycles. The second kappa shape index (κ2) is 8.96. The van der Waals surface area contributed by atoms with E-state index in [1.54, 1.807) is 7.11 Å². The van der Waals surface area contributed by atoms with Gasteiger partial charge in [0.05, 0.1) is 11.5 Å². The van der Waals surface area contributed by atoms with E-state index in [2.05, 4.69) is 12.2 Å². The van der Waals surface area contributed by atoms with Gasteiger partial charge >= 0.3 is 0 Å². The van der Waals surface area contributed by atoms with Gasteiger partial charge in [-0.1, -0.05) is 13.8 Å². The average Bonchev–Trinajstić information content (AvgIpc) is 2.24. The van der Waals surface area contributed by atoms with Gasteiger partial charge in [0.25, 0.3) is 0 Å². The van der Waals surface area contributed by atoms with Crippen molar-refractivity contribution in [1.29, 1.82) is 0 Å². The van der Waals surface area contributed by atoms with Crippen molar-refractivity contribution in [3.05, 3.63) is 0 Å². The quantitative estimate of drug-likeness (QED) is 0.593. The Morgan fingerprint density at radius 3 is 2.50 bits per heavy atom.